The Hall–Kier alpha value is -1.13. The predicted molar refractivity (Wildman–Crippen MR) is 91.7 cm³/mol. The molecule has 0 saturated carbocycles. The third kappa shape index (κ3) is 4.18. The van der Waals surface area contributed by atoms with E-state index in [1.54, 1.807) is 0 Å². The van der Waals surface area contributed by atoms with Gasteiger partial charge in [0.15, 0.2) is 0 Å². The minimum Gasteiger partial charge on any atom is -0.441 e. The molecule has 0 aromatic heterocycles. The van der Waals surface area contributed by atoms with Gasteiger partial charge in [0, 0.05) is 5.33 Å². The van der Waals surface area contributed by atoms with Gasteiger partial charge in [0.1, 0.15) is 10.1 Å². The van der Waals surface area contributed by atoms with Crippen LogP contribution >= 0.6 is 31.9 Å². The Morgan fingerprint density at radius 2 is 1.60 bits per heavy atom. The first-order valence-electron chi connectivity index (χ1n) is 6.24. The Kier molecular flexibility index (Phi) is 5.38. The molecule has 4 heteroatoms. The minimum atomic E-state index is -0.376. The summed E-state index contributed by atoms with van der Waals surface area (Å²) in [6.45, 7) is 2.02. The summed E-state index contributed by atoms with van der Waals surface area (Å²) in [5, 5.41) is 0.693. The number of nitrogens with zero attached hydrogens (tertiary/aromatic N) is 1. The lowest BCUT2D eigenvalue weighted by Crippen LogP contribution is -2.34. The van der Waals surface area contributed by atoms with E-state index in [0.717, 1.165) is 11.4 Å². The topological polar surface area (TPSA) is 21.6 Å². The van der Waals surface area contributed by atoms with E-state index in [-0.39, 0.29) is 4.32 Å². The first-order chi connectivity index (χ1) is 9.62. The van der Waals surface area contributed by atoms with Crippen LogP contribution in [0.25, 0.3) is 0 Å². The number of hydrogen-bond acceptors (Lipinski definition) is 2. The average molecular weight is 397 g/mol. The maximum Gasteiger partial charge on any atom is 0.212 e. The highest BCUT2D eigenvalue weighted by Crippen LogP contribution is 2.27. The summed E-state index contributed by atoms with van der Waals surface area (Å²) >= 11 is 7.15. The van der Waals surface area contributed by atoms with E-state index in [0.29, 0.717) is 11.2 Å². The number of ether oxygens (including phenoxy) is 1. The largest absolute Gasteiger partial charge is 0.441 e. The van der Waals surface area contributed by atoms with E-state index in [2.05, 4.69) is 36.9 Å². The van der Waals surface area contributed by atoms with Crippen LogP contribution in [0.2, 0.25) is 0 Å². The molecule has 0 saturated heterocycles. The van der Waals surface area contributed by atoms with Gasteiger partial charge in [0.25, 0.3) is 0 Å². The summed E-state index contributed by atoms with van der Waals surface area (Å²) in [4.78, 5) is 4.61. The lowest BCUT2D eigenvalue weighted by atomic mass is 10.2. The highest BCUT2D eigenvalue weighted by atomic mass is 79.9. The zero-order valence-electron chi connectivity index (χ0n) is 11.1. The van der Waals surface area contributed by atoms with E-state index in [1.165, 1.54) is 0 Å². The summed E-state index contributed by atoms with van der Waals surface area (Å²) in [5.41, 5.74) is 0.866. The Bertz CT molecular complexity index is 568. The number of aliphatic imine (C=N–C) groups is 1. The monoisotopic (exact) mass is 395 g/mol. The van der Waals surface area contributed by atoms with Gasteiger partial charge in [-0.3, -0.25) is 0 Å². The van der Waals surface area contributed by atoms with Crippen molar-refractivity contribution in [3.8, 4) is 5.75 Å². The molecule has 0 aliphatic heterocycles. The van der Waals surface area contributed by atoms with Crippen LogP contribution in [0, 0.1) is 0 Å². The molecular weight excluding hydrogens is 382 g/mol. The van der Waals surface area contributed by atoms with E-state index >= 15 is 0 Å². The normalized spacial score (nSPS) is 14.7. The van der Waals surface area contributed by atoms with Crippen molar-refractivity contribution < 1.29 is 4.74 Å². The van der Waals surface area contributed by atoms with Crippen LogP contribution in [-0.4, -0.2) is 15.6 Å². The second kappa shape index (κ2) is 7.04. The van der Waals surface area contributed by atoms with E-state index in [9.17, 15) is 0 Å². The molecule has 0 amide bonds. The van der Waals surface area contributed by atoms with Gasteiger partial charge in [-0.25, -0.2) is 4.99 Å². The van der Waals surface area contributed by atoms with Crippen molar-refractivity contribution in [1.82, 2.24) is 0 Å². The summed E-state index contributed by atoms with van der Waals surface area (Å²) in [5.74, 6) is 1.39. The standard InChI is InChI=1S/C16H15Br2NO/c1-16(18,12-17)15(19-13-8-4-2-5-9-13)20-14-10-6-3-7-11-14/h2-11H,12H2,1H3/b19-15+. The van der Waals surface area contributed by atoms with E-state index < -0.39 is 0 Å². The smallest absolute Gasteiger partial charge is 0.212 e. The number of halogens is 2. The minimum absolute atomic E-state index is 0.376. The molecule has 2 rings (SSSR count). The Balaban J connectivity index is 2.33. The highest BCUT2D eigenvalue weighted by molar-refractivity contribution is 9.12. The van der Waals surface area contributed by atoms with Crippen molar-refractivity contribution in [1.29, 1.82) is 0 Å². The van der Waals surface area contributed by atoms with Crippen LogP contribution in [0.4, 0.5) is 5.69 Å². The number of para-hydroxylation sites is 2. The van der Waals surface area contributed by atoms with Crippen LogP contribution < -0.4 is 4.74 Å². The first-order valence-corrected chi connectivity index (χ1v) is 8.15. The molecule has 2 aromatic rings. The van der Waals surface area contributed by atoms with Crippen LogP contribution in [0.3, 0.4) is 0 Å². The molecule has 0 heterocycles. The molecular formula is C16H15Br2NO. The molecule has 0 bridgehead atoms. The van der Waals surface area contributed by atoms with Crippen LogP contribution in [0.15, 0.2) is 65.7 Å². The van der Waals surface area contributed by atoms with Gasteiger partial charge >= 0.3 is 0 Å². The second-order valence-electron chi connectivity index (χ2n) is 4.50. The van der Waals surface area contributed by atoms with Gasteiger partial charge in [0.05, 0.1) is 5.69 Å². The molecule has 2 aromatic carbocycles. The van der Waals surface area contributed by atoms with Crippen molar-refractivity contribution in [3.63, 3.8) is 0 Å². The molecule has 1 atom stereocenters. The fourth-order valence-electron chi connectivity index (χ4n) is 1.52. The maximum atomic E-state index is 5.95. The van der Waals surface area contributed by atoms with Crippen molar-refractivity contribution >= 4 is 43.4 Å². The van der Waals surface area contributed by atoms with E-state index in [4.69, 9.17) is 4.74 Å². The third-order valence-electron chi connectivity index (χ3n) is 2.64. The maximum absolute atomic E-state index is 5.95. The quantitative estimate of drug-likeness (QED) is 0.388. The van der Waals surface area contributed by atoms with Crippen molar-refractivity contribution in [2.24, 2.45) is 4.99 Å². The lowest BCUT2D eigenvalue weighted by molar-refractivity contribution is 0.521. The van der Waals surface area contributed by atoms with Gasteiger partial charge < -0.3 is 4.74 Å². The Morgan fingerprint density at radius 1 is 1.05 bits per heavy atom. The van der Waals surface area contributed by atoms with Crippen LogP contribution in [0.1, 0.15) is 6.92 Å². The summed E-state index contributed by atoms with van der Waals surface area (Å²) < 4.78 is 5.57. The van der Waals surface area contributed by atoms with Crippen LogP contribution in [-0.2, 0) is 0 Å². The third-order valence-corrected chi connectivity index (χ3v) is 5.13. The number of alkyl halides is 2. The van der Waals surface area contributed by atoms with Gasteiger partial charge in [-0.05, 0) is 31.2 Å². The summed E-state index contributed by atoms with van der Waals surface area (Å²) in [7, 11) is 0. The molecule has 0 radical (unpaired) electrons. The molecule has 1 unspecified atom stereocenters. The van der Waals surface area contributed by atoms with Gasteiger partial charge in [0.2, 0.25) is 5.90 Å². The van der Waals surface area contributed by atoms with Gasteiger partial charge in [-0.1, -0.05) is 68.3 Å². The van der Waals surface area contributed by atoms with Crippen molar-refractivity contribution in [3.05, 3.63) is 60.7 Å². The predicted octanol–water partition coefficient (Wildman–Crippen LogP) is 5.34. The zero-order valence-corrected chi connectivity index (χ0v) is 14.3. The number of benzene rings is 2. The Morgan fingerprint density at radius 3 is 2.15 bits per heavy atom. The van der Waals surface area contributed by atoms with Crippen molar-refractivity contribution in [2.75, 3.05) is 5.33 Å². The van der Waals surface area contributed by atoms with E-state index in [1.807, 2.05) is 67.6 Å². The Labute approximate surface area is 136 Å². The number of rotatable bonds is 4. The molecule has 20 heavy (non-hydrogen) atoms. The molecule has 2 nitrogen and oxygen atoms in total. The summed E-state index contributed by atoms with van der Waals surface area (Å²) in [6, 6.07) is 19.4. The average Bonchev–Trinajstić information content (AvgIpc) is 2.49. The first kappa shape index (κ1) is 15.3. The SMILES string of the molecule is CC(Br)(CBr)/C(=N\c1ccccc1)Oc1ccccc1. The molecule has 0 spiro atoms. The van der Waals surface area contributed by atoms with Gasteiger partial charge in [-0.2, -0.15) is 0 Å². The molecule has 0 aliphatic carbocycles. The fourth-order valence-corrected chi connectivity index (χ4v) is 1.93. The summed E-state index contributed by atoms with van der Waals surface area (Å²) in [6.07, 6.45) is 0. The van der Waals surface area contributed by atoms with Crippen LogP contribution in [0.5, 0.6) is 5.75 Å². The van der Waals surface area contributed by atoms with Gasteiger partial charge in [-0.15, -0.1) is 0 Å². The van der Waals surface area contributed by atoms with Crippen molar-refractivity contribution in [2.45, 2.75) is 11.2 Å². The zero-order chi connectivity index (χ0) is 14.4. The molecule has 0 fully saturated rings. The highest BCUT2D eigenvalue weighted by Gasteiger charge is 2.29. The molecule has 104 valence electrons. The second-order valence-corrected chi connectivity index (χ2v) is 6.81. The lowest BCUT2D eigenvalue weighted by Gasteiger charge is -2.22. The fraction of sp³-hybridized carbons (Fsp3) is 0.188. The molecule has 0 aliphatic rings. The number of hydrogen-bond donors (Lipinski definition) is 0. The molecule has 0 N–H and O–H groups in total.